The van der Waals surface area contributed by atoms with Gasteiger partial charge in [-0.1, -0.05) is 18.2 Å². The maximum atomic E-state index is 12.5. The topological polar surface area (TPSA) is 99.4 Å². The Labute approximate surface area is 199 Å². The average Bonchev–Trinajstić information content (AvgIpc) is 3.23. The molecule has 0 unspecified atom stereocenters. The highest BCUT2D eigenvalue weighted by Crippen LogP contribution is 2.30. The third-order valence-corrected chi connectivity index (χ3v) is 6.24. The fourth-order valence-electron chi connectivity index (χ4n) is 4.68. The number of aromatic nitrogens is 2. The normalized spacial score (nSPS) is 18.4. The van der Waals surface area contributed by atoms with Gasteiger partial charge in [0.2, 0.25) is 0 Å². The van der Waals surface area contributed by atoms with E-state index in [2.05, 4.69) is 21.7 Å². The Morgan fingerprint density at radius 1 is 1.21 bits per heavy atom. The second kappa shape index (κ2) is 8.66. The molecule has 0 bridgehead atoms. The summed E-state index contributed by atoms with van der Waals surface area (Å²) in [6.45, 7) is 7.58. The van der Waals surface area contributed by atoms with Gasteiger partial charge in [0.05, 0.1) is 11.1 Å². The predicted molar refractivity (Wildman–Crippen MR) is 132 cm³/mol. The molecule has 1 saturated heterocycles. The highest BCUT2D eigenvalue weighted by Gasteiger charge is 2.28. The molecular formula is C26H31N5O3. The van der Waals surface area contributed by atoms with Gasteiger partial charge in [-0.3, -0.25) is 4.79 Å². The molecule has 3 aromatic rings. The molecule has 0 aliphatic carbocycles. The number of aromatic amines is 1. The number of nitrogens with one attached hydrogen (secondary N) is 3. The van der Waals surface area contributed by atoms with Gasteiger partial charge in [0, 0.05) is 54.4 Å². The number of H-pyrrole nitrogens is 1. The van der Waals surface area contributed by atoms with E-state index in [1.807, 2.05) is 51.1 Å². The molecule has 2 aliphatic heterocycles. The molecule has 0 saturated carbocycles. The second-order valence-electron chi connectivity index (χ2n) is 10.1. The van der Waals surface area contributed by atoms with Crippen LogP contribution in [0.4, 0.5) is 10.6 Å². The largest absolute Gasteiger partial charge is 0.444 e. The molecule has 1 aromatic carbocycles. The first kappa shape index (κ1) is 22.3. The van der Waals surface area contributed by atoms with E-state index in [0.29, 0.717) is 25.2 Å². The molecule has 5 rings (SSSR count). The minimum absolute atomic E-state index is 0.0360. The number of carbonyl (C=O) groups excluding carboxylic acids is 2. The van der Waals surface area contributed by atoms with Crippen LogP contribution in [-0.2, 0) is 11.2 Å². The Morgan fingerprint density at radius 2 is 2.06 bits per heavy atom. The lowest BCUT2D eigenvalue weighted by Crippen LogP contribution is -2.47. The van der Waals surface area contributed by atoms with Gasteiger partial charge in [-0.25, -0.2) is 9.78 Å². The number of para-hydroxylation sites is 1. The second-order valence-corrected chi connectivity index (χ2v) is 10.1. The molecule has 2 aliphatic rings. The molecule has 3 N–H and O–H groups in total. The van der Waals surface area contributed by atoms with Crippen LogP contribution in [0.25, 0.3) is 22.2 Å². The third-order valence-electron chi connectivity index (χ3n) is 6.24. The van der Waals surface area contributed by atoms with E-state index in [4.69, 9.17) is 9.72 Å². The van der Waals surface area contributed by atoms with E-state index >= 15 is 0 Å². The summed E-state index contributed by atoms with van der Waals surface area (Å²) >= 11 is 0. The van der Waals surface area contributed by atoms with Gasteiger partial charge in [-0.05, 0) is 51.8 Å². The molecule has 2 amide bonds. The Morgan fingerprint density at radius 3 is 2.85 bits per heavy atom. The van der Waals surface area contributed by atoms with E-state index in [-0.39, 0.29) is 18.0 Å². The van der Waals surface area contributed by atoms with Crippen molar-refractivity contribution < 1.29 is 14.3 Å². The van der Waals surface area contributed by atoms with Crippen molar-refractivity contribution in [3.8, 4) is 11.3 Å². The van der Waals surface area contributed by atoms with Gasteiger partial charge in [-0.2, -0.15) is 0 Å². The number of hydrogen-bond donors (Lipinski definition) is 3. The van der Waals surface area contributed by atoms with E-state index in [1.54, 1.807) is 4.90 Å². The van der Waals surface area contributed by atoms with Crippen LogP contribution in [0, 0.1) is 0 Å². The first-order valence-corrected chi connectivity index (χ1v) is 11.9. The van der Waals surface area contributed by atoms with Gasteiger partial charge in [0.1, 0.15) is 11.4 Å². The van der Waals surface area contributed by atoms with Crippen LogP contribution in [0.15, 0.2) is 36.4 Å². The smallest absolute Gasteiger partial charge is 0.410 e. The number of nitrogens with zero attached hydrogens (tertiary/aromatic N) is 2. The van der Waals surface area contributed by atoms with Crippen molar-refractivity contribution in [1.82, 2.24) is 20.2 Å². The van der Waals surface area contributed by atoms with Crippen LogP contribution in [0.2, 0.25) is 0 Å². The molecule has 1 fully saturated rings. The zero-order valence-corrected chi connectivity index (χ0v) is 19.9. The van der Waals surface area contributed by atoms with Crippen molar-refractivity contribution in [1.29, 1.82) is 0 Å². The Hall–Kier alpha value is -3.55. The molecule has 4 heterocycles. The SMILES string of the molecule is CC(C)(C)OC(=O)N1CCC[C@H](Nc2ccc3cccc(-c4cc5c([nH]4)CCNC5=O)c3n2)C1. The third kappa shape index (κ3) is 4.58. The number of piperidine rings is 1. The summed E-state index contributed by atoms with van der Waals surface area (Å²) in [5.41, 5.74) is 3.89. The van der Waals surface area contributed by atoms with Gasteiger partial charge >= 0.3 is 6.09 Å². The Bertz CT molecular complexity index is 1240. The Balaban J connectivity index is 1.38. The van der Waals surface area contributed by atoms with Gasteiger partial charge in [0.25, 0.3) is 5.91 Å². The van der Waals surface area contributed by atoms with E-state index < -0.39 is 5.60 Å². The standard InChI is InChI=1S/C26H31N5O3/c1-26(2,3)34-25(33)31-13-5-7-17(15-31)28-22-10-9-16-6-4-8-18(23(16)30-22)21-14-19-20(29-21)11-12-27-24(19)32/h4,6,8-10,14,17,29H,5,7,11-13,15H2,1-3H3,(H,27,32)(H,28,30)/t17-/m0/s1. The van der Waals surface area contributed by atoms with Crippen molar-refractivity contribution in [3.63, 3.8) is 0 Å². The first-order chi connectivity index (χ1) is 16.3. The molecule has 0 radical (unpaired) electrons. The van der Waals surface area contributed by atoms with E-state index in [9.17, 15) is 9.59 Å². The van der Waals surface area contributed by atoms with Crippen LogP contribution in [0.3, 0.4) is 0 Å². The van der Waals surface area contributed by atoms with Gasteiger partial charge in [-0.15, -0.1) is 0 Å². The van der Waals surface area contributed by atoms with Crippen molar-refractivity contribution in [2.24, 2.45) is 0 Å². The van der Waals surface area contributed by atoms with Crippen LogP contribution < -0.4 is 10.6 Å². The molecule has 0 spiro atoms. The monoisotopic (exact) mass is 461 g/mol. The number of fused-ring (bicyclic) bond motifs is 2. The summed E-state index contributed by atoms with van der Waals surface area (Å²) in [4.78, 5) is 34.9. The maximum Gasteiger partial charge on any atom is 0.410 e. The minimum Gasteiger partial charge on any atom is -0.444 e. The summed E-state index contributed by atoms with van der Waals surface area (Å²) in [5.74, 6) is 0.733. The average molecular weight is 462 g/mol. The van der Waals surface area contributed by atoms with E-state index in [0.717, 1.165) is 52.9 Å². The molecule has 2 aromatic heterocycles. The number of likely N-dealkylation sites (tertiary alicyclic amines) is 1. The lowest BCUT2D eigenvalue weighted by atomic mass is 10.0. The lowest BCUT2D eigenvalue weighted by Gasteiger charge is -2.34. The van der Waals surface area contributed by atoms with Crippen LogP contribution in [-0.4, -0.2) is 58.1 Å². The van der Waals surface area contributed by atoms with Crippen molar-refractivity contribution >= 4 is 28.7 Å². The number of anilines is 1. The summed E-state index contributed by atoms with van der Waals surface area (Å²) in [6.07, 6.45) is 2.39. The Kier molecular flexibility index (Phi) is 5.67. The van der Waals surface area contributed by atoms with Crippen molar-refractivity contribution in [3.05, 3.63) is 47.7 Å². The van der Waals surface area contributed by atoms with Crippen molar-refractivity contribution in [2.45, 2.75) is 51.7 Å². The fourth-order valence-corrected chi connectivity index (χ4v) is 4.68. The summed E-state index contributed by atoms with van der Waals surface area (Å²) in [6, 6.07) is 12.1. The number of pyridine rings is 1. The fraction of sp³-hybridized carbons (Fsp3) is 0.423. The number of carbonyl (C=O) groups is 2. The number of hydrogen-bond acceptors (Lipinski definition) is 5. The predicted octanol–water partition coefficient (Wildman–Crippen LogP) is 4.33. The van der Waals surface area contributed by atoms with Gasteiger partial charge in [0.15, 0.2) is 0 Å². The zero-order valence-electron chi connectivity index (χ0n) is 19.9. The molecule has 34 heavy (non-hydrogen) atoms. The number of rotatable bonds is 3. The number of amides is 2. The van der Waals surface area contributed by atoms with E-state index in [1.165, 1.54) is 0 Å². The summed E-state index contributed by atoms with van der Waals surface area (Å²) in [7, 11) is 0. The maximum absolute atomic E-state index is 12.5. The summed E-state index contributed by atoms with van der Waals surface area (Å²) in [5, 5.41) is 7.44. The van der Waals surface area contributed by atoms with Crippen LogP contribution in [0.5, 0.6) is 0 Å². The quantitative estimate of drug-likeness (QED) is 0.539. The molecule has 178 valence electrons. The molecular weight excluding hydrogens is 430 g/mol. The summed E-state index contributed by atoms with van der Waals surface area (Å²) < 4.78 is 5.55. The molecule has 8 nitrogen and oxygen atoms in total. The minimum atomic E-state index is -0.508. The molecule has 8 heteroatoms. The zero-order chi connectivity index (χ0) is 23.9. The highest BCUT2D eigenvalue weighted by molar-refractivity contribution is 6.00. The van der Waals surface area contributed by atoms with Crippen molar-refractivity contribution in [2.75, 3.05) is 25.0 Å². The number of ether oxygens (including phenoxy) is 1. The highest BCUT2D eigenvalue weighted by atomic mass is 16.6. The molecule has 1 atom stereocenters. The van der Waals surface area contributed by atoms with Gasteiger partial charge < -0.3 is 25.3 Å². The van der Waals surface area contributed by atoms with Crippen LogP contribution in [0.1, 0.15) is 49.7 Å². The number of benzene rings is 1. The first-order valence-electron chi connectivity index (χ1n) is 11.9. The lowest BCUT2D eigenvalue weighted by molar-refractivity contribution is 0.0206. The van der Waals surface area contributed by atoms with Crippen LogP contribution >= 0.6 is 0 Å².